The number of thiazole rings is 1. The standard InChI is InChI=1S/C19H18ClN3O2S/c1-13-12-26-19(22-13)23-21-10-15-8-16(20)18(17(9-15)24-2)25-11-14-6-4-3-5-7-14/h3-10,12H,11H2,1-2H3,(H,22,23). The van der Waals surface area contributed by atoms with Crippen LogP contribution in [0.15, 0.2) is 52.9 Å². The van der Waals surface area contributed by atoms with Crippen molar-refractivity contribution in [2.45, 2.75) is 13.5 Å². The fraction of sp³-hybridized carbons (Fsp3) is 0.158. The highest BCUT2D eigenvalue weighted by molar-refractivity contribution is 7.13. The maximum Gasteiger partial charge on any atom is 0.203 e. The second-order valence-corrected chi connectivity index (χ2v) is 6.74. The van der Waals surface area contributed by atoms with Gasteiger partial charge in [-0.1, -0.05) is 41.9 Å². The van der Waals surface area contributed by atoms with Crippen molar-refractivity contribution in [3.05, 3.63) is 69.7 Å². The number of halogens is 1. The number of hydrazone groups is 1. The van der Waals surface area contributed by atoms with Gasteiger partial charge in [0.1, 0.15) is 6.61 Å². The number of rotatable bonds is 7. The first kappa shape index (κ1) is 18.2. The number of aromatic nitrogens is 1. The molecule has 1 N–H and O–H groups in total. The number of anilines is 1. The maximum atomic E-state index is 6.38. The number of hydrogen-bond acceptors (Lipinski definition) is 6. The monoisotopic (exact) mass is 387 g/mol. The Morgan fingerprint density at radius 2 is 2.08 bits per heavy atom. The molecule has 0 aliphatic heterocycles. The summed E-state index contributed by atoms with van der Waals surface area (Å²) in [7, 11) is 1.58. The van der Waals surface area contributed by atoms with Crippen molar-refractivity contribution in [3.63, 3.8) is 0 Å². The van der Waals surface area contributed by atoms with Crippen molar-refractivity contribution < 1.29 is 9.47 Å². The van der Waals surface area contributed by atoms with Crippen LogP contribution in [0.3, 0.4) is 0 Å². The number of methoxy groups -OCH3 is 1. The second kappa shape index (κ2) is 8.69. The highest BCUT2D eigenvalue weighted by Gasteiger charge is 2.12. The van der Waals surface area contributed by atoms with E-state index in [2.05, 4.69) is 15.5 Å². The maximum absolute atomic E-state index is 6.38. The predicted octanol–water partition coefficient (Wildman–Crippen LogP) is 5.14. The lowest BCUT2D eigenvalue weighted by Crippen LogP contribution is -1.99. The average molecular weight is 388 g/mol. The molecule has 1 heterocycles. The summed E-state index contributed by atoms with van der Waals surface area (Å²) >= 11 is 7.88. The van der Waals surface area contributed by atoms with Crippen LogP contribution >= 0.6 is 22.9 Å². The van der Waals surface area contributed by atoms with Crippen LogP contribution in [0.5, 0.6) is 11.5 Å². The molecule has 0 saturated heterocycles. The summed E-state index contributed by atoms with van der Waals surface area (Å²) < 4.78 is 11.3. The van der Waals surface area contributed by atoms with Crippen molar-refractivity contribution >= 4 is 34.3 Å². The molecule has 0 saturated carbocycles. The van der Waals surface area contributed by atoms with Crippen molar-refractivity contribution in [2.75, 3.05) is 12.5 Å². The minimum absolute atomic E-state index is 0.412. The van der Waals surface area contributed by atoms with E-state index in [-0.39, 0.29) is 0 Å². The van der Waals surface area contributed by atoms with E-state index in [1.165, 1.54) is 11.3 Å². The van der Waals surface area contributed by atoms with Gasteiger partial charge in [0.2, 0.25) is 5.13 Å². The lowest BCUT2D eigenvalue weighted by molar-refractivity contribution is 0.284. The van der Waals surface area contributed by atoms with Gasteiger partial charge in [-0.05, 0) is 30.2 Å². The van der Waals surface area contributed by atoms with Gasteiger partial charge < -0.3 is 9.47 Å². The van der Waals surface area contributed by atoms with E-state index in [1.54, 1.807) is 19.4 Å². The Morgan fingerprint density at radius 3 is 2.77 bits per heavy atom. The molecular formula is C19H18ClN3O2S. The van der Waals surface area contributed by atoms with Crippen molar-refractivity contribution in [1.29, 1.82) is 0 Å². The number of benzene rings is 2. The van der Waals surface area contributed by atoms with E-state index in [4.69, 9.17) is 21.1 Å². The highest BCUT2D eigenvalue weighted by Crippen LogP contribution is 2.36. The van der Waals surface area contributed by atoms with Crippen LogP contribution in [0.2, 0.25) is 5.02 Å². The summed E-state index contributed by atoms with van der Waals surface area (Å²) in [6, 6.07) is 13.5. The summed E-state index contributed by atoms with van der Waals surface area (Å²) in [6.07, 6.45) is 1.66. The Kier molecular flexibility index (Phi) is 6.09. The smallest absolute Gasteiger partial charge is 0.203 e. The molecule has 0 aliphatic carbocycles. The molecule has 134 valence electrons. The fourth-order valence-corrected chi connectivity index (χ4v) is 3.16. The third kappa shape index (κ3) is 4.74. The summed E-state index contributed by atoms with van der Waals surface area (Å²) in [5.74, 6) is 1.07. The van der Waals surface area contributed by atoms with Gasteiger partial charge in [-0.3, -0.25) is 5.43 Å². The molecule has 3 rings (SSSR count). The van der Waals surface area contributed by atoms with Crippen LogP contribution in [-0.4, -0.2) is 18.3 Å². The van der Waals surface area contributed by atoms with E-state index in [1.807, 2.05) is 48.7 Å². The molecule has 7 heteroatoms. The molecule has 0 fully saturated rings. The van der Waals surface area contributed by atoms with E-state index in [0.29, 0.717) is 23.1 Å². The zero-order chi connectivity index (χ0) is 18.4. The lowest BCUT2D eigenvalue weighted by atomic mass is 10.2. The van der Waals surface area contributed by atoms with Crippen molar-refractivity contribution in [1.82, 2.24) is 4.98 Å². The summed E-state index contributed by atoms with van der Waals surface area (Å²) in [6.45, 7) is 2.35. The zero-order valence-electron chi connectivity index (χ0n) is 14.4. The van der Waals surface area contributed by atoms with Crippen LogP contribution in [0.25, 0.3) is 0 Å². The number of nitrogens with one attached hydrogen (secondary N) is 1. The molecule has 1 aromatic heterocycles. The molecule has 3 aromatic rings. The summed E-state index contributed by atoms with van der Waals surface area (Å²) in [4.78, 5) is 4.28. The third-order valence-electron chi connectivity index (χ3n) is 3.47. The first-order valence-electron chi connectivity index (χ1n) is 7.91. The van der Waals surface area contributed by atoms with Gasteiger partial charge >= 0.3 is 0 Å². The summed E-state index contributed by atoms with van der Waals surface area (Å²) in [5.41, 5.74) is 5.70. The second-order valence-electron chi connectivity index (χ2n) is 5.47. The molecule has 0 aliphatic rings. The average Bonchev–Trinajstić information content (AvgIpc) is 3.06. The van der Waals surface area contributed by atoms with Crippen molar-refractivity contribution in [3.8, 4) is 11.5 Å². The molecule has 0 amide bonds. The summed E-state index contributed by atoms with van der Waals surface area (Å²) in [5, 5.41) is 7.34. The van der Waals surface area contributed by atoms with Gasteiger partial charge in [-0.15, -0.1) is 11.3 Å². The van der Waals surface area contributed by atoms with Crippen LogP contribution < -0.4 is 14.9 Å². The largest absolute Gasteiger partial charge is 0.493 e. The molecule has 0 atom stereocenters. The lowest BCUT2D eigenvalue weighted by Gasteiger charge is -2.13. The minimum atomic E-state index is 0.412. The topological polar surface area (TPSA) is 55.7 Å². The number of nitrogens with zero attached hydrogens (tertiary/aromatic N) is 2. The van der Waals surface area contributed by atoms with E-state index >= 15 is 0 Å². The zero-order valence-corrected chi connectivity index (χ0v) is 16.0. The van der Waals surface area contributed by atoms with E-state index < -0.39 is 0 Å². The Morgan fingerprint density at radius 1 is 1.27 bits per heavy atom. The van der Waals surface area contributed by atoms with Gasteiger partial charge in [0.25, 0.3) is 0 Å². The van der Waals surface area contributed by atoms with Gasteiger partial charge in [0.05, 0.1) is 24.0 Å². The number of ether oxygens (including phenoxy) is 2. The molecule has 0 unspecified atom stereocenters. The third-order valence-corrected chi connectivity index (χ3v) is 4.62. The van der Waals surface area contributed by atoms with E-state index in [0.717, 1.165) is 22.0 Å². The fourth-order valence-electron chi connectivity index (χ4n) is 2.25. The molecule has 26 heavy (non-hydrogen) atoms. The molecule has 0 radical (unpaired) electrons. The minimum Gasteiger partial charge on any atom is -0.493 e. The first-order valence-corrected chi connectivity index (χ1v) is 9.17. The van der Waals surface area contributed by atoms with Gasteiger partial charge in [-0.2, -0.15) is 5.10 Å². The van der Waals surface area contributed by atoms with Crippen LogP contribution in [0.4, 0.5) is 5.13 Å². The van der Waals surface area contributed by atoms with Crippen LogP contribution in [0, 0.1) is 6.92 Å². The van der Waals surface area contributed by atoms with Crippen molar-refractivity contribution in [2.24, 2.45) is 5.10 Å². The van der Waals surface area contributed by atoms with E-state index in [9.17, 15) is 0 Å². The predicted molar refractivity (Wildman–Crippen MR) is 107 cm³/mol. The van der Waals surface area contributed by atoms with Gasteiger partial charge in [0.15, 0.2) is 11.5 Å². The highest BCUT2D eigenvalue weighted by atomic mass is 35.5. The normalized spacial score (nSPS) is 10.9. The molecule has 2 aromatic carbocycles. The molecular weight excluding hydrogens is 370 g/mol. The van der Waals surface area contributed by atoms with Gasteiger partial charge in [-0.25, -0.2) is 4.98 Å². The molecule has 0 bridgehead atoms. The Labute approximate surface area is 161 Å². The molecule has 5 nitrogen and oxygen atoms in total. The van der Waals surface area contributed by atoms with Gasteiger partial charge in [0, 0.05) is 5.38 Å². The molecule has 0 spiro atoms. The Bertz CT molecular complexity index is 897. The quantitative estimate of drug-likeness (QED) is 0.450. The first-order chi connectivity index (χ1) is 12.7. The SMILES string of the molecule is COc1cc(C=NNc2nc(C)cs2)cc(Cl)c1OCc1ccccc1. The van der Waals surface area contributed by atoms with Crippen LogP contribution in [0.1, 0.15) is 16.8 Å². The van der Waals surface area contributed by atoms with Crippen LogP contribution in [-0.2, 0) is 6.61 Å². The number of hydrogen-bond donors (Lipinski definition) is 1. The Balaban J connectivity index is 1.71. The number of aryl methyl sites for hydroxylation is 1. The Hall–Kier alpha value is -2.57.